The molecular formula is C31H28ClN9O2S. The number of aromatic nitrogens is 5. The van der Waals surface area contributed by atoms with Gasteiger partial charge in [-0.3, -0.25) is 18.9 Å². The minimum Gasteiger partial charge on any atom is -0.377 e. The van der Waals surface area contributed by atoms with Gasteiger partial charge in [-0.1, -0.05) is 29.6 Å². The van der Waals surface area contributed by atoms with Crippen LogP contribution < -0.4 is 20.5 Å². The first kappa shape index (κ1) is 29.2. The molecule has 1 atom stereocenters. The summed E-state index contributed by atoms with van der Waals surface area (Å²) in [6.07, 6.45) is 3.73. The summed E-state index contributed by atoms with van der Waals surface area (Å²) in [7, 11) is 1.73. The molecule has 1 aliphatic rings. The van der Waals surface area contributed by atoms with Gasteiger partial charge in [0, 0.05) is 37.2 Å². The van der Waals surface area contributed by atoms with E-state index < -0.39 is 0 Å². The van der Waals surface area contributed by atoms with E-state index in [0.717, 1.165) is 28.1 Å². The van der Waals surface area contributed by atoms with Gasteiger partial charge < -0.3 is 10.2 Å². The molecule has 1 unspecified atom stereocenters. The second-order valence-electron chi connectivity index (χ2n) is 10.6. The number of anilines is 2. The fraction of sp³-hybridized carbons (Fsp3) is 0.226. The fourth-order valence-electron chi connectivity index (χ4n) is 5.45. The number of hydrogen-bond acceptors (Lipinski definition) is 9. The van der Waals surface area contributed by atoms with Crippen LogP contribution in [0, 0.1) is 18.3 Å². The van der Waals surface area contributed by atoms with Crippen LogP contribution in [0.1, 0.15) is 51.4 Å². The largest absolute Gasteiger partial charge is 0.377 e. The van der Waals surface area contributed by atoms with Crippen LogP contribution >= 0.6 is 23.5 Å². The molecule has 11 nitrogen and oxygen atoms in total. The Kier molecular flexibility index (Phi) is 7.75. The van der Waals surface area contributed by atoms with Crippen LogP contribution in [0.2, 0.25) is 5.15 Å². The zero-order valence-electron chi connectivity index (χ0n) is 24.4. The topological polar surface area (TPSA) is 134 Å². The SMILES string of the molecule is CSNC(=O)c1nc(Cl)ccc1NC(C)c1cc(C)cc2c(=O)n(C)c(N3Cc4cn(-c5ccc(C#N)cc5)nc4C3)nc12. The van der Waals surface area contributed by atoms with Gasteiger partial charge in [-0.25, -0.2) is 14.6 Å². The monoisotopic (exact) mass is 625 g/mol. The van der Waals surface area contributed by atoms with Crippen LogP contribution in [0.4, 0.5) is 11.6 Å². The van der Waals surface area contributed by atoms with Gasteiger partial charge in [-0.2, -0.15) is 10.4 Å². The van der Waals surface area contributed by atoms with E-state index in [9.17, 15) is 9.59 Å². The van der Waals surface area contributed by atoms with Crippen LogP contribution in [0.5, 0.6) is 0 Å². The Hall–Kier alpha value is -4.86. The second kappa shape index (κ2) is 11.7. The maximum absolute atomic E-state index is 13.7. The lowest BCUT2D eigenvalue weighted by atomic mass is 10.0. The molecule has 13 heteroatoms. The van der Waals surface area contributed by atoms with Gasteiger partial charge in [-0.15, -0.1) is 0 Å². The molecule has 2 N–H and O–H groups in total. The molecule has 1 aliphatic heterocycles. The van der Waals surface area contributed by atoms with Crippen molar-refractivity contribution in [3.8, 4) is 11.8 Å². The zero-order chi connectivity index (χ0) is 31.1. The Morgan fingerprint density at radius 1 is 1.14 bits per heavy atom. The standard InChI is InChI=1S/C31H28ClN9O2S/c1-17-11-22(18(2)34-24-9-10-26(32)35-28(24)29(42)38-44-4)27-23(12-17)30(43)39(3)31(36-27)40-14-20-15-41(37-25(20)16-40)21-7-5-19(13-33)6-8-21/h5-12,15,18,34H,14,16H2,1-4H3,(H,38,42). The lowest BCUT2D eigenvalue weighted by Gasteiger charge is -2.23. The third-order valence-electron chi connectivity index (χ3n) is 7.56. The number of benzene rings is 2. The minimum absolute atomic E-state index is 0.150. The normalized spacial score (nSPS) is 13.0. The summed E-state index contributed by atoms with van der Waals surface area (Å²) in [5.74, 6) is 0.170. The van der Waals surface area contributed by atoms with Crippen LogP contribution in [-0.2, 0) is 20.1 Å². The number of amides is 1. The van der Waals surface area contributed by atoms with Crippen molar-refractivity contribution in [3.05, 3.63) is 104 Å². The third kappa shape index (κ3) is 5.36. The Balaban J connectivity index is 1.34. The maximum atomic E-state index is 13.7. The Bertz CT molecular complexity index is 2010. The summed E-state index contributed by atoms with van der Waals surface area (Å²) >= 11 is 7.28. The summed E-state index contributed by atoms with van der Waals surface area (Å²) < 4.78 is 6.08. The van der Waals surface area contributed by atoms with Crippen LogP contribution in [0.15, 0.2) is 59.5 Å². The average molecular weight is 626 g/mol. The highest BCUT2D eigenvalue weighted by Crippen LogP contribution is 2.31. The molecule has 222 valence electrons. The number of hydrogen-bond donors (Lipinski definition) is 2. The van der Waals surface area contributed by atoms with Gasteiger partial charge in [0.2, 0.25) is 5.95 Å². The van der Waals surface area contributed by atoms with Crippen LogP contribution in [0.3, 0.4) is 0 Å². The molecule has 1 amide bonds. The van der Waals surface area contributed by atoms with Gasteiger partial charge in [0.05, 0.1) is 52.2 Å². The van der Waals surface area contributed by atoms with Gasteiger partial charge in [0.1, 0.15) is 5.15 Å². The first-order valence-electron chi connectivity index (χ1n) is 13.8. The van der Waals surface area contributed by atoms with Crippen molar-refractivity contribution in [2.45, 2.75) is 33.0 Å². The van der Waals surface area contributed by atoms with Crippen molar-refractivity contribution < 1.29 is 4.79 Å². The predicted octanol–water partition coefficient (Wildman–Crippen LogP) is 5.05. The molecule has 0 saturated heterocycles. The molecule has 3 aromatic heterocycles. The quantitative estimate of drug-likeness (QED) is 0.188. The minimum atomic E-state index is -0.368. The number of nitrogens with zero attached hydrogens (tertiary/aromatic N) is 7. The highest BCUT2D eigenvalue weighted by molar-refractivity contribution is 7.97. The fourth-order valence-corrected chi connectivity index (χ4v) is 5.88. The number of nitriles is 1. The molecule has 0 radical (unpaired) electrons. The van der Waals surface area contributed by atoms with E-state index in [2.05, 4.69) is 21.1 Å². The predicted molar refractivity (Wildman–Crippen MR) is 172 cm³/mol. The molecule has 0 fully saturated rings. The van der Waals surface area contributed by atoms with Crippen molar-refractivity contribution in [2.75, 3.05) is 16.5 Å². The highest BCUT2D eigenvalue weighted by atomic mass is 35.5. The summed E-state index contributed by atoms with van der Waals surface area (Å²) in [5, 5.41) is 18.0. The Morgan fingerprint density at radius 2 is 1.91 bits per heavy atom. The van der Waals surface area contributed by atoms with Crippen LogP contribution in [-0.4, -0.2) is 36.5 Å². The summed E-state index contributed by atoms with van der Waals surface area (Å²) in [6.45, 7) is 4.92. The average Bonchev–Trinajstić information content (AvgIpc) is 3.59. The van der Waals surface area contributed by atoms with Crippen molar-refractivity contribution in [1.82, 2.24) is 29.0 Å². The summed E-state index contributed by atoms with van der Waals surface area (Å²) in [5.41, 5.74) is 6.24. The number of pyridine rings is 1. The van der Waals surface area contributed by atoms with Gasteiger partial charge in [0.25, 0.3) is 11.5 Å². The number of carbonyl (C=O) groups excluding carboxylic acids is 1. The molecule has 5 aromatic rings. The van der Waals surface area contributed by atoms with Crippen LogP contribution in [0.25, 0.3) is 16.6 Å². The highest BCUT2D eigenvalue weighted by Gasteiger charge is 2.27. The number of rotatable bonds is 7. The maximum Gasteiger partial charge on any atom is 0.281 e. The number of carbonyl (C=O) groups is 1. The van der Waals surface area contributed by atoms with Crippen molar-refractivity contribution in [3.63, 3.8) is 0 Å². The lowest BCUT2D eigenvalue weighted by molar-refractivity contribution is 0.0980. The smallest absolute Gasteiger partial charge is 0.281 e. The number of nitrogens with one attached hydrogen (secondary N) is 2. The lowest BCUT2D eigenvalue weighted by Crippen LogP contribution is -2.29. The first-order chi connectivity index (χ1) is 21.2. The summed E-state index contributed by atoms with van der Waals surface area (Å²) in [6, 6.07) is 16.3. The third-order valence-corrected chi connectivity index (χ3v) is 8.16. The zero-order valence-corrected chi connectivity index (χ0v) is 26.0. The van der Waals surface area contributed by atoms with E-state index in [-0.39, 0.29) is 28.4 Å². The van der Waals surface area contributed by atoms with Gasteiger partial charge in [0.15, 0.2) is 5.69 Å². The number of aryl methyl sites for hydroxylation is 1. The molecule has 0 spiro atoms. The van der Waals surface area contributed by atoms with Crippen molar-refractivity contribution >= 4 is 52.0 Å². The van der Waals surface area contributed by atoms with E-state index in [0.29, 0.717) is 41.2 Å². The Labute approximate surface area is 262 Å². The van der Waals surface area contributed by atoms with E-state index in [1.54, 1.807) is 42.1 Å². The van der Waals surface area contributed by atoms with E-state index in [4.69, 9.17) is 26.9 Å². The molecule has 0 saturated carbocycles. The number of halogens is 1. The van der Waals surface area contributed by atoms with Gasteiger partial charge >= 0.3 is 0 Å². The molecule has 4 heterocycles. The molecule has 44 heavy (non-hydrogen) atoms. The molecular weight excluding hydrogens is 598 g/mol. The second-order valence-corrected chi connectivity index (χ2v) is 11.6. The molecule has 2 aromatic carbocycles. The first-order valence-corrected chi connectivity index (χ1v) is 15.4. The van der Waals surface area contributed by atoms with E-state index in [1.807, 2.05) is 53.9 Å². The van der Waals surface area contributed by atoms with Gasteiger partial charge in [-0.05, 0) is 61.9 Å². The summed E-state index contributed by atoms with van der Waals surface area (Å²) in [4.78, 5) is 37.7. The van der Waals surface area contributed by atoms with E-state index in [1.165, 1.54) is 11.9 Å². The van der Waals surface area contributed by atoms with E-state index >= 15 is 0 Å². The Morgan fingerprint density at radius 3 is 2.61 bits per heavy atom. The molecule has 6 rings (SSSR count). The molecule has 0 bridgehead atoms. The number of fused-ring (bicyclic) bond motifs is 2. The van der Waals surface area contributed by atoms with Crippen molar-refractivity contribution in [2.24, 2.45) is 7.05 Å². The molecule has 0 aliphatic carbocycles. The van der Waals surface area contributed by atoms with Crippen molar-refractivity contribution in [1.29, 1.82) is 5.26 Å².